The summed E-state index contributed by atoms with van der Waals surface area (Å²) in [5.74, 6) is -0.0559. The molecule has 1 heterocycles. The number of aliphatic hydroxyl groups is 1. The molecule has 0 radical (unpaired) electrons. The summed E-state index contributed by atoms with van der Waals surface area (Å²) in [5, 5.41) is 20.7. The van der Waals surface area contributed by atoms with E-state index >= 15 is 0 Å². The van der Waals surface area contributed by atoms with Gasteiger partial charge in [0.15, 0.2) is 0 Å². The summed E-state index contributed by atoms with van der Waals surface area (Å²) >= 11 is 0. The second kappa shape index (κ2) is 8.87. The Morgan fingerprint density at radius 2 is 2.10 bits per heavy atom. The van der Waals surface area contributed by atoms with Crippen molar-refractivity contribution in [2.45, 2.75) is 39.5 Å². The highest BCUT2D eigenvalue weighted by atomic mass is 16.4. The Hall–Kier alpha value is -1.30. The van der Waals surface area contributed by atoms with Crippen LogP contribution in [0.3, 0.4) is 0 Å². The molecule has 0 aromatic rings. The van der Waals surface area contributed by atoms with Gasteiger partial charge >= 0.3 is 12.0 Å². The van der Waals surface area contributed by atoms with E-state index in [2.05, 4.69) is 19.2 Å². The zero-order valence-electron chi connectivity index (χ0n) is 13.0. The minimum Gasteiger partial charge on any atom is -0.481 e. The van der Waals surface area contributed by atoms with Crippen LogP contribution in [0.15, 0.2) is 0 Å². The maximum absolute atomic E-state index is 12.1. The number of carboxylic acids is 1. The fourth-order valence-electron chi connectivity index (χ4n) is 2.93. The summed E-state index contributed by atoms with van der Waals surface area (Å²) in [6.45, 7) is 6.07. The first-order valence-corrected chi connectivity index (χ1v) is 7.77. The molecule has 21 heavy (non-hydrogen) atoms. The summed E-state index contributed by atoms with van der Waals surface area (Å²) in [6, 6.07) is -0.116. The molecule has 0 saturated carbocycles. The van der Waals surface area contributed by atoms with E-state index in [9.17, 15) is 9.59 Å². The van der Waals surface area contributed by atoms with Crippen LogP contribution in [0.2, 0.25) is 0 Å². The summed E-state index contributed by atoms with van der Waals surface area (Å²) in [5.41, 5.74) is 0. The molecule has 1 aliphatic rings. The number of amides is 2. The number of carbonyl (C=O) groups is 2. The molecule has 1 aliphatic heterocycles. The number of nitrogens with one attached hydrogen (secondary N) is 1. The average Bonchev–Trinajstić information content (AvgIpc) is 2.83. The molecule has 1 fully saturated rings. The number of aliphatic carboxylic acids is 1. The number of carboxylic acid groups (broad SMARTS) is 1. The maximum Gasteiger partial charge on any atom is 0.317 e. The first kappa shape index (κ1) is 17.8. The van der Waals surface area contributed by atoms with E-state index in [1.54, 1.807) is 4.90 Å². The van der Waals surface area contributed by atoms with Gasteiger partial charge in [-0.05, 0) is 37.0 Å². The number of carbonyl (C=O) groups excluding carboxylic acids is 1. The molecule has 2 amide bonds. The van der Waals surface area contributed by atoms with Gasteiger partial charge in [-0.15, -0.1) is 0 Å². The number of nitrogens with zero attached hydrogens (tertiary/aromatic N) is 1. The fourth-order valence-corrected chi connectivity index (χ4v) is 2.93. The highest BCUT2D eigenvalue weighted by Gasteiger charge is 2.26. The highest BCUT2D eigenvalue weighted by Crippen LogP contribution is 2.19. The molecule has 2 atom stereocenters. The van der Waals surface area contributed by atoms with Crippen molar-refractivity contribution >= 4 is 12.0 Å². The summed E-state index contributed by atoms with van der Waals surface area (Å²) in [7, 11) is 0. The third kappa shape index (κ3) is 6.80. The Balaban J connectivity index is 2.37. The fraction of sp³-hybridized carbons (Fsp3) is 0.867. The predicted molar refractivity (Wildman–Crippen MR) is 80.0 cm³/mol. The van der Waals surface area contributed by atoms with Gasteiger partial charge in [-0.25, -0.2) is 4.79 Å². The third-order valence-electron chi connectivity index (χ3n) is 3.92. The summed E-state index contributed by atoms with van der Waals surface area (Å²) in [6.07, 6.45) is 2.54. The van der Waals surface area contributed by atoms with Gasteiger partial charge in [0.05, 0.1) is 0 Å². The molecular formula is C15H28N2O4. The summed E-state index contributed by atoms with van der Waals surface area (Å²) < 4.78 is 0. The van der Waals surface area contributed by atoms with Crippen LogP contribution in [-0.2, 0) is 4.79 Å². The zero-order chi connectivity index (χ0) is 15.8. The molecule has 6 nitrogen and oxygen atoms in total. The van der Waals surface area contributed by atoms with E-state index in [0.29, 0.717) is 31.5 Å². The number of hydrogen-bond acceptors (Lipinski definition) is 3. The number of hydrogen-bond donors (Lipinski definition) is 3. The Morgan fingerprint density at radius 3 is 2.67 bits per heavy atom. The Bertz CT molecular complexity index is 347. The monoisotopic (exact) mass is 300 g/mol. The van der Waals surface area contributed by atoms with Crippen molar-refractivity contribution in [3.63, 3.8) is 0 Å². The molecule has 0 bridgehead atoms. The minimum absolute atomic E-state index is 0.0257. The number of likely N-dealkylation sites (tertiary alicyclic amines) is 1. The van der Waals surface area contributed by atoms with Crippen LogP contribution in [0.5, 0.6) is 0 Å². The molecule has 1 unspecified atom stereocenters. The van der Waals surface area contributed by atoms with Gasteiger partial charge in [-0.2, -0.15) is 0 Å². The normalized spacial score (nSPS) is 19.8. The predicted octanol–water partition coefficient (Wildman–Crippen LogP) is 1.54. The molecule has 0 aromatic heterocycles. The van der Waals surface area contributed by atoms with E-state index in [0.717, 1.165) is 19.3 Å². The van der Waals surface area contributed by atoms with Crippen molar-refractivity contribution in [3.05, 3.63) is 0 Å². The molecule has 1 rings (SSSR count). The Kier molecular flexibility index (Phi) is 7.50. The molecule has 3 N–H and O–H groups in total. The molecule has 0 spiro atoms. The van der Waals surface area contributed by atoms with Crippen LogP contribution in [0.1, 0.15) is 39.5 Å². The van der Waals surface area contributed by atoms with E-state index in [1.165, 1.54) is 0 Å². The van der Waals surface area contributed by atoms with Gasteiger partial charge in [0.1, 0.15) is 0 Å². The maximum atomic E-state index is 12.1. The second-order valence-electron chi connectivity index (χ2n) is 6.39. The first-order valence-electron chi connectivity index (χ1n) is 7.77. The number of aliphatic hydroxyl groups excluding tert-OH is 1. The van der Waals surface area contributed by atoms with Gasteiger partial charge in [0, 0.05) is 32.7 Å². The van der Waals surface area contributed by atoms with Gasteiger partial charge in [0.2, 0.25) is 0 Å². The molecular weight excluding hydrogens is 272 g/mol. The average molecular weight is 300 g/mol. The zero-order valence-corrected chi connectivity index (χ0v) is 13.0. The topological polar surface area (TPSA) is 89.9 Å². The summed E-state index contributed by atoms with van der Waals surface area (Å²) in [4.78, 5) is 24.7. The van der Waals surface area contributed by atoms with Gasteiger partial charge < -0.3 is 20.4 Å². The molecule has 6 heteroatoms. The van der Waals surface area contributed by atoms with Crippen LogP contribution in [-0.4, -0.2) is 53.4 Å². The van der Waals surface area contributed by atoms with Gasteiger partial charge in [-0.1, -0.05) is 13.8 Å². The lowest BCUT2D eigenvalue weighted by molar-refractivity contribution is -0.138. The lowest BCUT2D eigenvalue weighted by Crippen LogP contribution is -2.41. The number of rotatable bonds is 8. The standard InChI is InChI=1S/C15H28N2O4/c1-11(2)7-13(8-14(19)20)9-16-15(21)17-5-3-12(10-17)4-6-18/h11-13,18H,3-10H2,1-2H3,(H,16,21)(H,19,20)/t12?,13-/m0/s1. The van der Waals surface area contributed by atoms with Crippen molar-refractivity contribution in [2.24, 2.45) is 17.8 Å². The molecule has 1 saturated heterocycles. The van der Waals surface area contributed by atoms with Gasteiger partial charge in [-0.3, -0.25) is 4.79 Å². The minimum atomic E-state index is -0.820. The van der Waals surface area contributed by atoms with Crippen LogP contribution in [0.25, 0.3) is 0 Å². The van der Waals surface area contributed by atoms with Crippen LogP contribution in [0.4, 0.5) is 4.79 Å². The molecule has 0 aromatic carbocycles. The van der Waals surface area contributed by atoms with Crippen LogP contribution < -0.4 is 5.32 Å². The largest absolute Gasteiger partial charge is 0.481 e. The lowest BCUT2D eigenvalue weighted by atomic mass is 9.94. The van der Waals surface area contributed by atoms with Crippen LogP contribution in [0, 0.1) is 17.8 Å². The van der Waals surface area contributed by atoms with Crippen molar-refractivity contribution < 1.29 is 19.8 Å². The Morgan fingerprint density at radius 1 is 1.38 bits per heavy atom. The van der Waals surface area contributed by atoms with E-state index in [1.807, 2.05) is 0 Å². The van der Waals surface area contributed by atoms with Gasteiger partial charge in [0.25, 0.3) is 0 Å². The lowest BCUT2D eigenvalue weighted by Gasteiger charge is -2.21. The van der Waals surface area contributed by atoms with Crippen molar-refractivity contribution in [1.29, 1.82) is 0 Å². The Labute approximate surface area is 126 Å². The second-order valence-corrected chi connectivity index (χ2v) is 6.39. The van der Waals surface area contributed by atoms with E-state index < -0.39 is 5.97 Å². The quantitative estimate of drug-likeness (QED) is 0.634. The first-order chi connectivity index (χ1) is 9.92. The van der Waals surface area contributed by atoms with Crippen molar-refractivity contribution in [3.8, 4) is 0 Å². The van der Waals surface area contributed by atoms with Crippen molar-refractivity contribution in [1.82, 2.24) is 10.2 Å². The SMILES string of the molecule is CC(C)C[C@H](CNC(=O)N1CCC(CCO)C1)CC(=O)O. The van der Waals surface area contributed by atoms with Crippen LogP contribution >= 0.6 is 0 Å². The van der Waals surface area contributed by atoms with Crippen molar-refractivity contribution in [2.75, 3.05) is 26.2 Å². The van der Waals surface area contributed by atoms with E-state index in [4.69, 9.17) is 10.2 Å². The molecule has 122 valence electrons. The smallest absolute Gasteiger partial charge is 0.317 e. The third-order valence-corrected chi connectivity index (χ3v) is 3.92. The van der Waals surface area contributed by atoms with E-state index in [-0.39, 0.29) is 25.0 Å². The molecule has 0 aliphatic carbocycles. The highest BCUT2D eigenvalue weighted by molar-refractivity contribution is 5.74. The number of urea groups is 1.